The van der Waals surface area contributed by atoms with Crippen molar-refractivity contribution in [3.8, 4) is 0 Å². The first-order valence-corrected chi connectivity index (χ1v) is 8.10. The molecule has 3 nitrogen and oxygen atoms in total. The highest BCUT2D eigenvalue weighted by Crippen LogP contribution is 2.31. The maximum absolute atomic E-state index is 11.3. The van der Waals surface area contributed by atoms with E-state index >= 15 is 0 Å². The lowest BCUT2D eigenvalue weighted by atomic mass is 9.97. The normalized spacial score (nSPS) is 25.8. The van der Waals surface area contributed by atoms with Gasteiger partial charge in [-0.2, -0.15) is 0 Å². The minimum absolute atomic E-state index is 0.124. The highest BCUT2D eigenvalue weighted by Gasteiger charge is 2.30. The lowest BCUT2D eigenvalue weighted by molar-refractivity contribution is 0.148. The van der Waals surface area contributed by atoms with E-state index in [9.17, 15) is 13.5 Å². The fourth-order valence-electron chi connectivity index (χ4n) is 2.24. The van der Waals surface area contributed by atoms with Gasteiger partial charge in [0.15, 0.2) is 9.84 Å². The Bertz CT molecular complexity index is 461. The summed E-state index contributed by atoms with van der Waals surface area (Å²) in [5.74, 6) is 0.652. The molecular formula is C11H16O3S2. The topological polar surface area (TPSA) is 54.4 Å². The van der Waals surface area contributed by atoms with E-state index in [4.69, 9.17) is 0 Å². The van der Waals surface area contributed by atoms with Crippen LogP contribution in [0.5, 0.6) is 0 Å². The molecule has 5 heteroatoms. The van der Waals surface area contributed by atoms with E-state index in [-0.39, 0.29) is 17.4 Å². The summed E-state index contributed by atoms with van der Waals surface area (Å²) < 4.78 is 22.6. The maximum Gasteiger partial charge on any atom is 0.150 e. The average Bonchev–Trinajstić information content (AvgIpc) is 2.72. The van der Waals surface area contributed by atoms with E-state index in [1.54, 1.807) is 11.3 Å². The van der Waals surface area contributed by atoms with Gasteiger partial charge in [-0.1, -0.05) is 0 Å². The van der Waals surface area contributed by atoms with E-state index in [2.05, 4.69) is 0 Å². The fourth-order valence-corrected chi connectivity index (χ4v) is 4.88. The highest BCUT2D eigenvalue weighted by atomic mass is 32.2. The number of rotatable bonds is 3. The Hall–Kier alpha value is -0.390. The standard InChI is InChI=1S/C11H16O3S2/c1-8-10(2-4-15-8)11(12)6-9-3-5-16(13,14)7-9/h2,4,9,11-12H,3,5-7H2,1H3. The zero-order valence-corrected chi connectivity index (χ0v) is 10.9. The largest absolute Gasteiger partial charge is 0.388 e. The predicted octanol–water partition coefficient (Wildman–Crippen LogP) is 1.91. The van der Waals surface area contributed by atoms with Crippen molar-refractivity contribution >= 4 is 21.2 Å². The molecule has 1 N–H and O–H groups in total. The molecule has 1 aliphatic rings. The molecule has 2 heterocycles. The summed E-state index contributed by atoms with van der Waals surface area (Å²) >= 11 is 1.61. The molecule has 1 aromatic rings. The molecule has 2 atom stereocenters. The van der Waals surface area contributed by atoms with Crippen molar-refractivity contribution in [2.24, 2.45) is 5.92 Å². The summed E-state index contributed by atoms with van der Waals surface area (Å²) in [7, 11) is -2.83. The minimum Gasteiger partial charge on any atom is -0.388 e. The van der Waals surface area contributed by atoms with Gasteiger partial charge in [-0.25, -0.2) is 8.42 Å². The van der Waals surface area contributed by atoms with Crippen LogP contribution >= 0.6 is 11.3 Å². The zero-order valence-electron chi connectivity index (χ0n) is 9.22. The van der Waals surface area contributed by atoms with Crippen LogP contribution in [0.3, 0.4) is 0 Å². The number of sulfone groups is 1. The summed E-state index contributed by atoms with van der Waals surface area (Å²) in [5.41, 5.74) is 0.953. The SMILES string of the molecule is Cc1sccc1C(O)CC1CCS(=O)(=O)C1. The monoisotopic (exact) mass is 260 g/mol. The van der Waals surface area contributed by atoms with Crippen molar-refractivity contribution in [1.29, 1.82) is 0 Å². The van der Waals surface area contributed by atoms with Crippen molar-refractivity contribution in [2.45, 2.75) is 25.9 Å². The number of aryl methyl sites for hydroxylation is 1. The molecule has 1 aliphatic heterocycles. The zero-order chi connectivity index (χ0) is 11.8. The molecule has 16 heavy (non-hydrogen) atoms. The van der Waals surface area contributed by atoms with Crippen molar-refractivity contribution < 1.29 is 13.5 Å². The fraction of sp³-hybridized carbons (Fsp3) is 0.636. The molecule has 1 aromatic heterocycles. The third-order valence-electron chi connectivity index (χ3n) is 3.14. The Morgan fingerprint density at radius 2 is 2.38 bits per heavy atom. The van der Waals surface area contributed by atoms with Crippen LogP contribution < -0.4 is 0 Å². The molecule has 1 saturated heterocycles. The van der Waals surface area contributed by atoms with Gasteiger partial charge < -0.3 is 5.11 Å². The van der Waals surface area contributed by atoms with Gasteiger partial charge in [0.1, 0.15) is 0 Å². The van der Waals surface area contributed by atoms with Gasteiger partial charge in [0.2, 0.25) is 0 Å². The molecule has 2 rings (SSSR count). The average molecular weight is 260 g/mol. The van der Waals surface area contributed by atoms with E-state index in [0.29, 0.717) is 12.8 Å². The van der Waals surface area contributed by atoms with E-state index in [1.165, 1.54) is 0 Å². The molecule has 0 aromatic carbocycles. The van der Waals surface area contributed by atoms with Crippen LogP contribution in [0.1, 0.15) is 29.4 Å². The molecular weight excluding hydrogens is 244 g/mol. The second-order valence-corrected chi connectivity index (χ2v) is 7.80. The summed E-state index contributed by atoms with van der Waals surface area (Å²) in [6.07, 6.45) is 0.754. The Morgan fingerprint density at radius 1 is 1.62 bits per heavy atom. The number of aliphatic hydroxyl groups is 1. The van der Waals surface area contributed by atoms with Crippen LogP contribution in [0.4, 0.5) is 0 Å². The molecule has 0 spiro atoms. The lowest BCUT2D eigenvalue weighted by Gasteiger charge is -2.14. The Morgan fingerprint density at radius 3 is 2.88 bits per heavy atom. The molecule has 1 fully saturated rings. The maximum atomic E-state index is 11.3. The number of aliphatic hydroxyl groups excluding tert-OH is 1. The van der Waals surface area contributed by atoms with E-state index < -0.39 is 15.9 Å². The van der Waals surface area contributed by atoms with Gasteiger partial charge in [0, 0.05) is 4.88 Å². The summed E-state index contributed by atoms with van der Waals surface area (Å²) in [6, 6.07) is 1.92. The van der Waals surface area contributed by atoms with Crippen LogP contribution in [0.15, 0.2) is 11.4 Å². The van der Waals surface area contributed by atoms with E-state index in [1.807, 2.05) is 18.4 Å². The molecule has 0 aliphatic carbocycles. The Balaban J connectivity index is 1.99. The summed E-state index contributed by atoms with van der Waals surface area (Å²) in [6.45, 7) is 1.98. The van der Waals surface area contributed by atoms with Crippen molar-refractivity contribution in [2.75, 3.05) is 11.5 Å². The third kappa shape index (κ3) is 2.64. The van der Waals surface area contributed by atoms with Gasteiger partial charge in [-0.15, -0.1) is 11.3 Å². The number of thiophene rings is 1. The van der Waals surface area contributed by atoms with E-state index in [0.717, 1.165) is 10.4 Å². The first-order chi connectivity index (χ1) is 7.48. The third-order valence-corrected chi connectivity index (χ3v) is 5.84. The van der Waals surface area contributed by atoms with Crippen molar-refractivity contribution in [1.82, 2.24) is 0 Å². The molecule has 0 saturated carbocycles. The smallest absolute Gasteiger partial charge is 0.150 e. The van der Waals surface area contributed by atoms with Crippen LogP contribution in [0.25, 0.3) is 0 Å². The van der Waals surface area contributed by atoms with Crippen molar-refractivity contribution in [3.63, 3.8) is 0 Å². The van der Waals surface area contributed by atoms with Crippen molar-refractivity contribution in [3.05, 3.63) is 21.9 Å². The molecule has 0 bridgehead atoms. The second-order valence-electron chi connectivity index (χ2n) is 4.45. The predicted molar refractivity (Wildman–Crippen MR) is 65.4 cm³/mol. The summed E-state index contributed by atoms with van der Waals surface area (Å²) in [5, 5.41) is 12.0. The molecule has 0 amide bonds. The van der Waals surface area contributed by atoms with Gasteiger partial charge in [0.25, 0.3) is 0 Å². The van der Waals surface area contributed by atoms with Crippen LogP contribution in [0, 0.1) is 12.8 Å². The van der Waals surface area contributed by atoms with Gasteiger partial charge in [0.05, 0.1) is 17.6 Å². The molecule has 0 radical (unpaired) electrons. The Labute approximate surface area is 100 Å². The van der Waals surface area contributed by atoms with Crippen LogP contribution in [-0.4, -0.2) is 25.0 Å². The van der Waals surface area contributed by atoms with Gasteiger partial charge >= 0.3 is 0 Å². The van der Waals surface area contributed by atoms with Gasteiger partial charge in [-0.05, 0) is 42.7 Å². The molecule has 2 unspecified atom stereocenters. The highest BCUT2D eigenvalue weighted by molar-refractivity contribution is 7.91. The lowest BCUT2D eigenvalue weighted by Crippen LogP contribution is -2.09. The first-order valence-electron chi connectivity index (χ1n) is 5.40. The Kier molecular flexibility index (Phi) is 3.37. The first kappa shape index (κ1) is 12.1. The number of hydrogen-bond donors (Lipinski definition) is 1. The summed E-state index contributed by atoms with van der Waals surface area (Å²) in [4.78, 5) is 1.12. The van der Waals surface area contributed by atoms with Crippen LogP contribution in [0.2, 0.25) is 0 Å². The minimum atomic E-state index is -2.83. The van der Waals surface area contributed by atoms with Gasteiger partial charge in [-0.3, -0.25) is 0 Å². The quantitative estimate of drug-likeness (QED) is 0.903. The second kappa shape index (κ2) is 4.47. The number of hydrogen-bond acceptors (Lipinski definition) is 4. The molecule has 90 valence electrons. The van der Waals surface area contributed by atoms with Crippen LogP contribution in [-0.2, 0) is 9.84 Å².